The molecule has 0 atom stereocenters. The Bertz CT molecular complexity index is 1230. The fourth-order valence-corrected chi connectivity index (χ4v) is 4.45. The molecule has 0 saturated heterocycles. The summed E-state index contributed by atoms with van der Waals surface area (Å²) >= 11 is 0. The molecule has 27 heavy (non-hydrogen) atoms. The molecular formula is C25H18N2. The lowest BCUT2D eigenvalue weighted by molar-refractivity contribution is 0.682. The van der Waals surface area contributed by atoms with E-state index in [0.29, 0.717) is 0 Å². The molecule has 2 heteroatoms. The van der Waals surface area contributed by atoms with E-state index in [1.54, 1.807) is 0 Å². The van der Waals surface area contributed by atoms with E-state index in [9.17, 15) is 0 Å². The Morgan fingerprint density at radius 1 is 0.370 bits per heavy atom. The Hall–Kier alpha value is -3.52. The standard InChI is InChI=1S/C25H18N2/c1-5-13-22-18(9-1)19-10-2-6-14-23(19)26(22)17-27-24-15-7-3-11-20(24)21-12-4-8-16-25(21)27/h1-16H,17H2. The van der Waals surface area contributed by atoms with Crippen molar-refractivity contribution in [3.63, 3.8) is 0 Å². The predicted molar refractivity (Wildman–Crippen MR) is 114 cm³/mol. The van der Waals surface area contributed by atoms with E-state index in [1.807, 2.05) is 0 Å². The second-order valence-corrected chi connectivity index (χ2v) is 7.07. The third kappa shape index (κ3) is 2.01. The topological polar surface area (TPSA) is 9.86 Å². The number of aromatic nitrogens is 2. The number of para-hydroxylation sites is 4. The summed E-state index contributed by atoms with van der Waals surface area (Å²) in [6.07, 6.45) is 0. The Balaban J connectivity index is 1.70. The van der Waals surface area contributed by atoms with Gasteiger partial charge >= 0.3 is 0 Å². The Labute approximate surface area is 156 Å². The van der Waals surface area contributed by atoms with E-state index in [0.717, 1.165) is 6.67 Å². The number of hydrogen-bond acceptors (Lipinski definition) is 0. The first-order valence-corrected chi connectivity index (χ1v) is 9.34. The van der Waals surface area contributed by atoms with Gasteiger partial charge in [0.15, 0.2) is 0 Å². The number of benzene rings is 4. The van der Waals surface area contributed by atoms with Crippen molar-refractivity contribution in [3.05, 3.63) is 97.1 Å². The van der Waals surface area contributed by atoms with Crippen molar-refractivity contribution in [1.29, 1.82) is 0 Å². The second-order valence-electron chi connectivity index (χ2n) is 7.07. The molecule has 6 rings (SSSR count). The minimum Gasteiger partial charge on any atom is -0.322 e. The van der Waals surface area contributed by atoms with E-state index in [1.165, 1.54) is 43.6 Å². The van der Waals surface area contributed by atoms with Crippen LogP contribution in [0.15, 0.2) is 97.1 Å². The van der Waals surface area contributed by atoms with Crippen molar-refractivity contribution >= 4 is 43.6 Å². The molecule has 0 fully saturated rings. The Morgan fingerprint density at radius 3 is 0.926 bits per heavy atom. The van der Waals surface area contributed by atoms with E-state index >= 15 is 0 Å². The van der Waals surface area contributed by atoms with Crippen molar-refractivity contribution in [2.75, 3.05) is 0 Å². The van der Waals surface area contributed by atoms with Gasteiger partial charge in [-0.05, 0) is 24.3 Å². The van der Waals surface area contributed by atoms with Gasteiger partial charge in [-0.3, -0.25) is 0 Å². The van der Waals surface area contributed by atoms with E-state index in [4.69, 9.17) is 0 Å². The van der Waals surface area contributed by atoms with Crippen LogP contribution in [0.3, 0.4) is 0 Å². The summed E-state index contributed by atoms with van der Waals surface area (Å²) < 4.78 is 4.87. The summed E-state index contributed by atoms with van der Waals surface area (Å²) in [5, 5.41) is 5.26. The van der Waals surface area contributed by atoms with Crippen LogP contribution in [0.5, 0.6) is 0 Å². The molecule has 128 valence electrons. The smallest absolute Gasteiger partial charge is 0.100 e. The van der Waals surface area contributed by atoms with Crippen LogP contribution in [-0.4, -0.2) is 9.13 Å². The highest BCUT2D eigenvalue weighted by atomic mass is 15.2. The quantitative estimate of drug-likeness (QED) is 0.343. The minimum absolute atomic E-state index is 0.794. The maximum absolute atomic E-state index is 2.43. The molecule has 0 unspecified atom stereocenters. The average molecular weight is 346 g/mol. The fraction of sp³-hybridized carbons (Fsp3) is 0.0400. The molecule has 0 radical (unpaired) electrons. The first kappa shape index (κ1) is 14.6. The maximum Gasteiger partial charge on any atom is 0.100 e. The van der Waals surface area contributed by atoms with Crippen molar-refractivity contribution < 1.29 is 0 Å². The van der Waals surface area contributed by atoms with Crippen LogP contribution in [0.2, 0.25) is 0 Å². The average Bonchev–Trinajstić information content (AvgIpc) is 3.23. The largest absolute Gasteiger partial charge is 0.322 e. The zero-order chi connectivity index (χ0) is 17.8. The van der Waals surface area contributed by atoms with E-state index in [-0.39, 0.29) is 0 Å². The predicted octanol–water partition coefficient (Wildman–Crippen LogP) is 6.41. The zero-order valence-corrected chi connectivity index (χ0v) is 14.8. The lowest BCUT2D eigenvalue weighted by atomic mass is 10.2. The molecule has 2 heterocycles. The van der Waals surface area contributed by atoms with Gasteiger partial charge in [0.1, 0.15) is 6.67 Å². The van der Waals surface area contributed by atoms with Gasteiger partial charge in [0.2, 0.25) is 0 Å². The highest BCUT2D eigenvalue weighted by Crippen LogP contribution is 2.32. The summed E-state index contributed by atoms with van der Waals surface area (Å²) in [4.78, 5) is 0. The summed E-state index contributed by atoms with van der Waals surface area (Å²) in [6.45, 7) is 0.794. The van der Waals surface area contributed by atoms with Crippen LogP contribution in [0.25, 0.3) is 43.6 Å². The van der Waals surface area contributed by atoms with Gasteiger partial charge in [-0.1, -0.05) is 72.8 Å². The fourth-order valence-electron chi connectivity index (χ4n) is 4.45. The third-order valence-electron chi connectivity index (χ3n) is 5.64. The molecule has 4 aromatic carbocycles. The van der Waals surface area contributed by atoms with Crippen LogP contribution >= 0.6 is 0 Å². The first-order chi connectivity index (χ1) is 13.4. The molecule has 0 aliphatic heterocycles. The summed E-state index contributed by atoms with van der Waals surface area (Å²) in [7, 11) is 0. The zero-order valence-electron chi connectivity index (χ0n) is 14.8. The van der Waals surface area contributed by atoms with Crippen LogP contribution < -0.4 is 0 Å². The molecule has 0 N–H and O–H groups in total. The lowest BCUT2D eigenvalue weighted by Crippen LogP contribution is -2.07. The Morgan fingerprint density at radius 2 is 0.630 bits per heavy atom. The normalized spacial score (nSPS) is 11.9. The minimum atomic E-state index is 0.794. The molecule has 0 spiro atoms. The van der Waals surface area contributed by atoms with Crippen LogP contribution in [-0.2, 0) is 6.67 Å². The van der Waals surface area contributed by atoms with Gasteiger partial charge in [-0.2, -0.15) is 0 Å². The van der Waals surface area contributed by atoms with Crippen molar-refractivity contribution in [2.45, 2.75) is 6.67 Å². The lowest BCUT2D eigenvalue weighted by Gasteiger charge is -2.12. The molecule has 0 amide bonds. The summed E-state index contributed by atoms with van der Waals surface area (Å²) in [6, 6.07) is 34.8. The maximum atomic E-state index is 2.43. The second kappa shape index (κ2) is 5.49. The SMILES string of the molecule is c1ccc2c(c1)c1ccccc1n2Cn1c2ccccc2c2ccccc21. The van der Waals surface area contributed by atoms with Crippen LogP contribution in [0, 0.1) is 0 Å². The number of nitrogens with zero attached hydrogens (tertiary/aromatic N) is 2. The molecule has 0 aliphatic carbocycles. The number of rotatable bonds is 2. The molecule has 2 nitrogen and oxygen atoms in total. The van der Waals surface area contributed by atoms with Gasteiger partial charge in [0.05, 0.1) is 22.1 Å². The summed E-state index contributed by atoms with van der Waals surface area (Å²) in [5.41, 5.74) is 5.11. The molecule has 0 saturated carbocycles. The molecule has 6 aromatic rings. The molecular weight excluding hydrogens is 328 g/mol. The number of fused-ring (bicyclic) bond motifs is 6. The van der Waals surface area contributed by atoms with Crippen LogP contribution in [0.1, 0.15) is 0 Å². The van der Waals surface area contributed by atoms with Crippen molar-refractivity contribution in [3.8, 4) is 0 Å². The third-order valence-corrected chi connectivity index (χ3v) is 5.64. The van der Waals surface area contributed by atoms with Crippen molar-refractivity contribution in [1.82, 2.24) is 9.13 Å². The van der Waals surface area contributed by atoms with Gasteiger partial charge in [0.25, 0.3) is 0 Å². The van der Waals surface area contributed by atoms with E-state index < -0.39 is 0 Å². The monoisotopic (exact) mass is 346 g/mol. The summed E-state index contributed by atoms with van der Waals surface area (Å²) in [5.74, 6) is 0. The highest BCUT2D eigenvalue weighted by Gasteiger charge is 2.13. The number of hydrogen-bond donors (Lipinski definition) is 0. The van der Waals surface area contributed by atoms with Gasteiger partial charge in [0, 0.05) is 21.5 Å². The molecule has 0 bridgehead atoms. The first-order valence-electron chi connectivity index (χ1n) is 9.34. The Kier molecular flexibility index (Phi) is 2.97. The molecule has 0 aliphatic rings. The van der Waals surface area contributed by atoms with E-state index in [2.05, 4.69) is 106 Å². The van der Waals surface area contributed by atoms with Crippen molar-refractivity contribution in [2.24, 2.45) is 0 Å². The van der Waals surface area contributed by atoms with Gasteiger partial charge in [-0.15, -0.1) is 0 Å². The van der Waals surface area contributed by atoms with Crippen LogP contribution in [0.4, 0.5) is 0 Å². The van der Waals surface area contributed by atoms with Gasteiger partial charge < -0.3 is 9.13 Å². The highest BCUT2D eigenvalue weighted by molar-refractivity contribution is 6.09. The molecule has 2 aromatic heterocycles. The van der Waals surface area contributed by atoms with Gasteiger partial charge in [-0.25, -0.2) is 0 Å².